The van der Waals surface area contributed by atoms with Gasteiger partial charge >= 0.3 is 0 Å². The zero-order valence-corrected chi connectivity index (χ0v) is 16.0. The predicted octanol–water partition coefficient (Wildman–Crippen LogP) is 3.60. The first kappa shape index (κ1) is 19.1. The van der Waals surface area contributed by atoms with Crippen molar-refractivity contribution in [2.75, 3.05) is 17.2 Å². The van der Waals surface area contributed by atoms with Crippen molar-refractivity contribution in [3.8, 4) is 0 Å². The Balaban J connectivity index is 1.94. The summed E-state index contributed by atoms with van der Waals surface area (Å²) in [5, 5.41) is 0. The molecule has 0 bridgehead atoms. The zero-order valence-electron chi connectivity index (χ0n) is 15.2. The lowest BCUT2D eigenvalue weighted by molar-refractivity contribution is 0.572. The number of unbranched alkanes of at least 4 members (excludes halogenated alkanes) is 3. The van der Waals surface area contributed by atoms with Crippen molar-refractivity contribution in [3.63, 3.8) is 0 Å². The highest BCUT2D eigenvalue weighted by atomic mass is 32.2. The minimum Gasteiger partial charge on any atom is -0.616 e. The number of aromatic nitrogens is 3. The number of imidazole rings is 1. The molecule has 5 nitrogen and oxygen atoms in total. The number of fused-ring (bicyclic) bond motifs is 1. The van der Waals surface area contributed by atoms with Gasteiger partial charge in [-0.05, 0) is 38.2 Å². The Bertz CT molecular complexity index is 656. The molecular weight excluding hydrogens is 320 g/mol. The average molecular weight is 351 g/mol. The Morgan fingerprint density at radius 2 is 1.92 bits per heavy atom. The topological polar surface area (TPSA) is 79.8 Å². The molecule has 0 spiro atoms. The van der Waals surface area contributed by atoms with Gasteiger partial charge in [0, 0.05) is 19.2 Å². The van der Waals surface area contributed by atoms with Gasteiger partial charge in [0.1, 0.15) is 22.8 Å². The van der Waals surface area contributed by atoms with Crippen LogP contribution in [-0.2, 0) is 24.1 Å². The second-order valence-corrected chi connectivity index (χ2v) is 8.02. The van der Waals surface area contributed by atoms with Crippen LogP contribution in [-0.4, -0.2) is 30.6 Å². The molecule has 2 N–H and O–H groups in total. The summed E-state index contributed by atoms with van der Waals surface area (Å²) < 4.78 is 14.1. The van der Waals surface area contributed by atoms with E-state index < -0.39 is 11.2 Å². The third kappa shape index (κ3) is 4.63. The number of anilines is 1. The van der Waals surface area contributed by atoms with Gasteiger partial charge in [0.2, 0.25) is 0 Å². The molecule has 0 aromatic carbocycles. The third-order valence-electron chi connectivity index (χ3n) is 4.36. The van der Waals surface area contributed by atoms with Crippen LogP contribution in [0.25, 0.3) is 11.0 Å². The molecule has 6 heteroatoms. The molecule has 2 rings (SSSR count). The molecule has 24 heavy (non-hydrogen) atoms. The number of hydrogen-bond acceptors (Lipinski definition) is 4. The SMILES string of the molecule is CCCC[S+]([O-])CCCCCn1c(CC)nc2c(N)ncc(C)c21. The fraction of sp³-hybridized carbons (Fsp3) is 0.667. The van der Waals surface area contributed by atoms with Crippen LogP contribution in [0.5, 0.6) is 0 Å². The van der Waals surface area contributed by atoms with Crippen molar-refractivity contribution in [1.82, 2.24) is 14.5 Å². The molecule has 1 atom stereocenters. The van der Waals surface area contributed by atoms with Gasteiger partial charge in [-0.15, -0.1) is 0 Å². The molecule has 134 valence electrons. The van der Waals surface area contributed by atoms with Gasteiger partial charge in [0.05, 0.1) is 5.52 Å². The highest BCUT2D eigenvalue weighted by Crippen LogP contribution is 2.24. The van der Waals surface area contributed by atoms with Crippen LogP contribution < -0.4 is 5.73 Å². The van der Waals surface area contributed by atoms with Gasteiger partial charge in [0.25, 0.3) is 0 Å². The second kappa shape index (κ2) is 9.28. The minimum atomic E-state index is -0.639. The number of nitrogens with two attached hydrogens (primary N) is 1. The monoisotopic (exact) mass is 350 g/mol. The van der Waals surface area contributed by atoms with Gasteiger partial charge in [-0.25, -0.2) is 9.97 Å². The maximum Gasteiger partial charge on any atom is 0.151 e. The van der Waals surface area contributed by atoms with Gasteiger partial charge in [0.15, 0.2) is 5.82 Å². The van der Waals surface area contributed by atoms with Crippen LogP contribution in [0.3, 0.4) is 0 Å². The third-order valence-corrected chi connectivity index (χ3v) is 5.84. The van der Waals surface area contributed by atoms with Crippen LogP contribution in [0.15, 0.2) is 6.20 Å². The fourth-order valence-electron chi connectivity index (χ4n) is 2.99. The van der Waals surface area contributed by atoms with Crippen LogP contribution in [0.2, 0.25) is 0 Å². The van der Waals surface area contributed by atoms with E-state index in [-0.39, 0.29) is 0 Å². The molecular formula is C18H30N4OS. The summed E-state index contributed by atoms with van der Waals surface area (Å²) in [6.07, 6.45) is 8.11. The molecule has 0 amide bonds. The van der Waals surface area contributed by atoms with E-state index in [4.69, 9.17) is 5.73 Å². The highest BCUT2D eigenvalue weighted by molar-refractivity contribution is 7.91. The number of rotatable bonds is 10. The van der Waals surface area contributed by atoms with E-state index in [1.165, 1.54) is 0 Å². The summed E-state index contributed by atoms with van der Waals surface area (Å²) in [5.74, 6) is 3.27. The lowest BCUT2D eigenvalue weighted by Gasteiger charge is -2.11. The van der Waals surface area contributed by atoms with E-state index in [1.54, 1.807) is 0 Å². The van der Waals surface area contributed by atoms with Crippen molar-refractivity contribution >= 4 is 28.0 Å². The zero-order chi connectivity index (χ0) is 17.5. The smallest absolute Gasteiger partial charge is 0.151 e. The van der Waals surface area contributed by atoms with Crippen molar-refractivity contribution < 1.29 is 4.55 Å². The van der Waals surface area contributed by atoms with Gasteiger partial charge in [-0.3, -0.25) is 0 Å². The van der Waals surface area contributed by atoms with E-state index in [2.05, 4.69) is 35.3 Å². The predicted molar refractivity (Wildman–Crippen MR) is 103 cm³/mol. The standard InChI is InChI=1S/C18H30N4OS/c1-4-6-11-24(23)12-9-7-8-10-22-15(5-2)21-16-17(22)14(3)13-20-18(16)19/h13H,4-12H2,1-3H3,(H2,19,20). The lowest BCUT2D eigenvalue weighted by atomic mass is 10.2. The molecule has 1 unspecified atom stereocenters. The van der Waals surface area contributed by atoms with Crippen LogP contribution in [0, 0.1) is 6.92 Å². The number of hydrogen-bond donors (Lipinski definition) is 1. The Morgan fingerprint density at radius 3 is 2.62 bits per heavy atom. The normalized spacial score (nSPS) is 12.8. The van der Waals surface area contributed by atoms with E-state index in [0.717, 1.165) is 79.0 Å². The highest BCUT2D eigenvalue weighted by Gasteiger charge is 2.14. The number of nitrogen functional groups attached to an aromatic ring is 1. The summed E-state index contributed by atoms with van der Waals surface area (Å²) in [5.41, 5.74) is 9.05. The minimum absolute atomic E-state index is 0.510. The van der Waals surface area contributed by atoms with Crippen molar-refractivity contribution in [2.24, 2.45) is 0 Å². The lowest BCUT2D eigenvalue weighted by Crippen LogP contribution is -2.11. The summed E-state index contributed by atoms with van der Waals surface area (Å²) in [4.78, 5) is 8.90. The first-order chi connectivity index (χ1) is 11.6. The maximum absolute atomic E-state index is 11.8. The summed E-state index contributed by atoms with van der Waals surface area (Å²) in [7, 11) is 0. The number of aryl methyl sites for hydroxylation is 3. The fourth-order valence-corrected chi connectivity index (χ4v) is 4.33. The molecule has 2 aromatic rings. The van der Waals surface area contributed by atoms with Gasteiger partial charge < -0.3 is 14.9 Å². The maximum atomic E-state index is 11.8. The largest absolute Gasteiger partial charge is 0.616 e. The van der Waals surface area contributed by atoms with Crippen molar-refractivity contribution in [1.29, 1.82) is 0 Å². The molecule has 0 aliphatic carbocycles. The molecule has 0 aliphatic rings. The van der Waals surface area contributed by atoms with Gasteiger partial charge in [-0.2, -0.15) is 0 Å². The van der Waals surface area contributed by atoms with E-state index in [0.29, 0.717) is 5.82 Å². The molecule has 0 fully saturated rings. The number of pyridine rings is 1. The summed E-state index contributed by atoms with van der Waals surface area (Å²) in [6, 6.07) is 0. The van der Waals surface area contributed by atoms with Crippen LogP contribution in [0.1, 0.15) is 57.3 Å². The molecule has 2 heterocycles. The van der Waals surface area contributed by atoms with Crippen molar-refractivity contribution in [2.45, 2.75) is 65.8 Å². The summed E-state index contributed by atoms with van der Waals surface area (Å²) in [6.45, 7) is 7.25. The molecule has 0 saturated heterocycles. The average Bonchev–Trinajstić information content (AvgIpc) is 2.96. The first-order valence-corrected chi connectivity index (χ1v) is 10.5. The Kier molecular flexibility index (Phi) is 7.37. The molecule has 2 aromatic heterocycles. The van der Waals surface area contributed by atoms with E-state index in [9.17, 15) is 4.55 Å². The quantitative estimate of drug-likeness (QED) is 0.524. The molecule has 0 radical (unpaired) electrons. The van der Waals surface area contributed by atoms with E-state index >= 15 is 0 Å². The second-order valence-electron chi connectivity index (χ2n) is 6.32. The van der Waals surface area contributed by atoms with Gasteiger partial charge in [-0.1, -0.05) is 31.4 Å². The van der Waals surface area contributed by atoms with Crippen LogP contribution in [0.4, 0.5) is 5.82 Å². The van der Waals surface area contributed by atoms with Crippen molar-refractivity contribution in [3.05, 3.63) is 17.6 Å². The van der Waals surface area contributed by atoms with Crippen LogP contribution >= 0.6 is 0 Å². The summed E-state index contributed by atoms with van der Waals surface area (Å²) >= 11 is -0.639. The Morgan fingerprint density at radius 1 is 1.17 bits per heavy atom. The molecule has 0 aliphatic heterocycles. The Hall–Kier alpha value is -1.27. The molecule has 0 saturated carbocycles. The Labute approximate surface area is 148 Å². The first-order valence-electron chi connectivity index (χ1n) is 9.03. The van der Waals surface area contributed by atoms with E-state index in [1.807, 2.05) is 6.20 Å². The number of nitrogens with zero attached hydrogens (tertiary/aromatic N) is 3.